The molecule has 5 nitrogen and oxygen atoms in total. The molecule has 0 aliphatic carbocycles. The Morgan fingerprint density at radius 2 is 1.81 bits per heavy atom. The van der Waals surface area contributed by atoms with Gasteiger partial charge < -0.3 is 9.42 Å². The van der Waals surface area contributed by atoms with Crippen LogP contribution < -0.4 is 0 Å². The molecule has 0 aliphatic rings. The molecule has 0 aliphatic heterocycles. The third kappa shape index (κ3) is 3.67. The number of nitrogens with zero attached hydrogens (tertiary/aromatic N) is 3. The first-order valence-corrected chi connectivity index (χ1v) is 8.72. The van der Waals surface area contributed by atoms with E-state index in [0.29, 0.717) is 23.7 Å². The highest BCUT2D eigenvalue weighted by atomic mass is 16.5. The maximum absolute atomic E-state index is 13.1. The zero-order valence-corrected chi connectivity index (χ0v) is 15.6. The van der Waals surface area contributed by atoms with Gasteiger partial charge in [0.05, 0.1) is 17.0 Å². The van der Waals surface area contributed by atoms with Gasteiger partial charge in [-0.2, -0.15) is 0 Å². The lowest BCUT2D eigenvalue weighted by Gasteiger charge is -2.26. The van der Waals surface area contributed by atoms with Crippen LogP contribution >= 0.6 is 0 Å². The van der Waals surface area contributed by atoms with Crippen LogP contribution in [0.3, 0.4) is 0 Å². The van der Waals surface area contributed by atoms with Crippen molar-refractivity contribution >= 4 is 5.91 Å². The number of hydrogen-bond donors (Lipinski definition) is 0. The van der Waals surface area contributed by atoms with Gasteiger partial charge in [0, 0.05) is 12.6 Å². The Bertz CT molecular complexity index is 881. The third-order valence-corrected chi connectivity index (χ3v) is 4.34. The van der Waals surface area contributed by atoms with Crippen LogP contribution in [0.15, 0.2) is 53.1 Å². The number of aromatic nitrogens is 2. The molecule has 0 N–H and O–H groups in total. The van der Waals surface area contributed by atoms with Gasteiger partial charge in [0.15, 0.2) is 0 Å². The normalized spacial score (nSPS) is 11.0. The quantitative estimate of drug-likeness (QED) is 0.685. The van der Waals surface area contributed by atoms with Crippen molar-refractivity contribution in [1.29, 1.82) is 0 Å². The molecule has 0 unspecified atom stereocenters. The Morgan fingerprint density at radius 1 is 1.08 bits per heavy atom. The number of pyridine rings is 1. The number of rotatable bonds is 5. The van der Waals surface area contributed by atoms with E-state index >= 15 is 0 Å². The van der Waals surface area contributed by atoms with Crippen molar-refractivity contribution in [3.63, 3.8) is 0 Å². The average molecular weight is 349 g/mol. The monoisotopic (exact) mass is 349 g/mol. The number of carbonyl (C=O) groups excluding carboxylic acids is 1. The molecule has 5 heteroatoms. The van der Waals surface area contributed by atoms with Gasteiger partial charge in [-0.1, -0.05) is 41.6 Å². The van der Waals surface area contributed by atoms with Gasteiger partial charge >= 0.3 is 0 Å². The second-order valence-electron chi connectivity index (χ2n) is 6.62. The van der Waals surface area contributed by atoms with Crippen LogP contribution in [-0.2, 0) is 6.54 Å². The summed E-state index contributed by atoms with van der Waals surface area (Å²) in [5, 5.41) is 3.98. The highest BCUT2D eigenvalue weighted by Gasteiger charge is 2.22. The highest BCUT2D eigenvalue weighted by molar-refractivity contribution is 5.93. The van der Waals surface area contributed by atoms with Crippen molar-refractivity contribution in [2.45, 2.75) is 40.3 Å². The predicted molar refractivity (Wildman–Crippen MR) is 101 cm³/mol. The molecule has 0 atom stereocenters. The third-order valence-electron chi connectivity index (χ3n) is 4.34. The van der Waals surface area contributed by atoms with Crippen LogP contribution in [0.5, 0.6) is 0 Å². The van der Waals surface area contributed by atoms with Crippen LogP contribution in [0.25, 0.3) is 11.3 Å². The van der Waals surface area contributed by atoms with E-state index in [2.05, 4.69) is 10.1 Å². The standard InChI is InChI=1S/C21H23N3O2/c1-14(2)24(13-17-9-6-5-7-10-17)21(25)19-12-8-11-18(22-19)20-15(3)23-26-16(20)4/h5-12,14H,13H2,1-4H3. The van der Waals surface area contributed by atoms with E-state index in [9.17, 15) is 4.79 Å². The van der Waals surface area contributed by atoms with Gasteiger partial charge in [-0.3, -0.25) is 4.79 Å². The number of benzene rings is 1. The van der Waals surface area contributed by atoms with Crippen molar-refractivity contribution in [3.8, 4) is 11.3 Å². The molecular weight excluding hydrogens is 326 g/mol. The van der Waals surface area contributed by atoms with Crippen LogP contribution in [0, 0.1) is 13.8 Å². The highest BCUT2D eigenvalue weighted by Crippen LogP contribution is 2.25. The van der Waals surface area contributed by atoms with E-state index in [1.807, 2.05) is 75.1 Å². The fourth-order valence-electron chi connectivity index (χ4n) is 2.96. The number of carbonyl (C=O) groups is 1. The molecule has 0 spiro atoms. The summed E-state index contributed by atoms with van der Waals surface area (Å²) in [7, 11) is 0. The SMILES string of the molecule is Cc1noc(C)c1-c1cccc(C(=O)N(Cc2ccccc2)C(C)C)n1. The minimum atomic E-state index is -0.0857. The lowest BCUT2D eigenvalue weighted by molar-refractivity contribution is 0.0684. The number of amides is 1. The molecule has 0 radical (unpaired) electrons. The molecule has 2 aromatic heterocycles. The van der Waals surface area contributed by atoms with Gasteiger partial charge in [-0.05, 0) is 45.4 Å². The molecule has 0 saturated carbocycles. The van der Waals surface area contributed by atoms with E-state index in [0.717, 1.165) is 16.8 Å². The van der Waals surface area contributed by atoms with Gasteiger partial charge in [0.2, 0.25) is 0 Å². The van der Waals surface area contributed by atoms with E-state index in [1.54, 1.807) is 6.07 Å². The van der Waals surface area contributed by atoms with Crippen molar-refractivity contribution in [3.05, 3.63) is 71.2 Å². The van der Waals surface area contributed by atoms with E-state index in [1.165, 1.54) is 0 Å². The predicted octanol–water partition coefficient (Wildman–Crippen LogP) is 4.40. The lowest BCUT2D eigenvalue weighted by atomic mass is 10.1. The van der Waals surface area contributed by atoms with Gasteiger partial charge in [0.25, 0.3) is 5.91 Å². The average Bonchev–Trinajstić information content (AvgIpc) is 2.98. The van der Waals surface area contributed by atoms with E-state index in [4.69, 9.17) is 4.52 Å². The summed E-state index contributed by atoms with van der Waals surface area (Å²) in [6.45, 7) is 8.30. The Kier molecular flexibility index (Phi) is 5.16. The summed E-state index contributed by atoms with van der Waals surface area (Å²) in [6.07, 6.45) is 0. The fourth-order valence-corrected chi connectivity index (χ4v) is 2.96. The molecule has 26 heavy (non-hydrogen) atoms. The summed E-state index contributed by atoms with van der Waals surface area (Å²) in [5.74, 6) is 0.613. The second kappa shape index (κ2) is 7.52. The van der Waals surface area contributed by atoms with Crippen molar-refractivity contribution in [2.75, 3.05) is 0 Å². The molecule has 3 aromatic rings. The Morgan fingerprint density at radius 3 is 2.42 bits per heavy atom. The van der Waals surface area contributed by atoms with Crippen molar-refractivity contribution in [1.82, 2.24) is 15.0 Å². The Hall–Kier alpha value is -2.95. The zero-order chi connectivity index (χ0) is 18.7. The maximum Gasteiger partial charge on any atom is 0.273 e. The molecule has 1 aromatic carbocycles. The summed E-state index contributed by atoms with van der Waals surface area (Å²) in [6, 6.07) is 15.5. The summed E-state index contributed by atoms with van der Waals surface area (Å²) >= 11 is 0. The van der Waals surface area contributed by atoms with Gasteiger partial charge in [-0.25, -0.2) is 4.98 Å². The molecule has 0 saturated heterocycles. The smallest absolute Gasteiger partial charge is 0.273 e. The molecule has 134 valence electrons. The molecule has 0 fully saturated rings. The molecule has 3 rings (SSSR count). The minimum absolute atomic E-state index is 0.0622. The van der Waals surface area contributed by atoms with Gasteiger partial charge in [0.1, 0.15) is 11.5 Å². The first kappa shape index (κ1) is 17.9. The first-order valence-electron chi connectivity index (χ1n) is 8.72. The summed E-state index contributed by atoms with van der Waals surface area (Å²) < 4.78 is 5.23. The molecule has 1 amide bonds. The number of aryl methyl sites for hydroxylation is 2. The molecule has 0 bridgehead atoms. The van der Waals surface area contributed by atoms with Crippen LogP contribution in [-0.4, -0.2) is 27.0 Å². The Balaban J connectivity index is 1.92. The lowest BCUT2D eigenvalue weighted by Crippen LogP contribution is -2.36. The van der Waals surface area contributed by atoms with Crippen molar-refractivity contribution < 1.29 is 9.32 Å². The first-order chi connectivity index (χ1) is 12.5. The van der Waals surface area contributed by atoms with E-state index < -0.39 is 0 Å². The number of hydrogen-bond acceptors (Lipinski definition) is 4. The fraction of sp³-hybridized carbons (Fsp3) is 0.286. The maximum atomic E-state index is 13.1. The van der Waals surface area contributed by atoms with Crippen LogP contribution in [0.4, 0.5) is 0 Å². The second-order valence-corrected chi connectivity index (χ2v) is 6.62. The van der Waals surface area contributed by atoms with E-state index in [-0.39, 0.29) is 11.9 Å². The van der Waals surface area contributed by atoms with Crippen molar-refractivity contribution in [2.24, 2.45) is 0 Å². The minimum Gasteiger partial charge on any atom is -0.361 e. The largest absolute Gasteiger partial charge is 0.361 e. The van der Waals surface area contributed by atoms with Crippen LogP contribution in [0.2, 0.25) is 0 Å². The Labute approximate surface area is 153 Å². The summed E-state index contributed by atoms with van der Waals surface area (Å²) in [5.41, 5.74) is 3.84. The zero-order valence-electron chi connectivity index (χ0n) is 15.6. The molecular formula is C21H23N3O2. The van der Waals surface area contributed by atoms with Crippen LogP contribution in [0.1, 0.15) is 41.4 Å². The van der Waals surface area contributed by atoms with Gasteiger partial charge in [-0.15, -0.1) is 0 Å². The topological polar surface area (TPSA) is 59.2 Å². The summed E-state index contributed by atoms with van der Waals surface area (Å²) in [4.78, 5) is 19.5. The molecule has 2 heterocycles.